The van der Waals surface area contributed by atoms with Crippen molar-refractivity contribution >= 4 is 46.4 Å². The molecule has 0 aromatic heterocycles. The maximum atomic E-state index is 13.6. The van der Waals surface area contributed by atoms with E-state index in [4.69, 9.17) is 16.4 Å². The van der Waals surface area contributed by atoms with Crippen LogP contribution in [0.5, 0.6) is 0 Å². The first-order valence-corrected chi connectivity index (χ1v) is 10.8. The second-order valence-electron chi connectivity index (χ2n) is 7.92. The Labute approximate surface area is 195 Å². The molecular formula is C25H20ClN3O4. The van der Waals surface area contributed by atoms with Crippen molar-refractivity contribution in [3.8, 4) is 0 Å². The molecule has 5 rings (SSSR count). The van der Waals surface area contributed by atoms with Crippen LogP contribution in [0.1, 0.15) is 18.5 Å². The molecule has 0 bridgehead atoms. The van der Waals surface area contributed by atoms with E-state index < -0.39 is 24.0 Å². The summed E-state index contributed by atoms with van der Waals surface area (Å²) in [4.78, 5) is 45.6. The molecular weight excluding hydrogens is 442 g/mol. The van der Waals surface area contributed by atoms with E-state index in [9.17, 15) is 14.4 Å². The summed E-state index contributed by atoms with van der Waals surface area (Å²) in [5, 5.41) is 4.68. The van der Waals surface area contributed by atoms with Crippen LogP contribution in [0.25, 0.3) is 0 Å². The monoisotopic (exact) mass is 461 g/mol. The van der Waals surface area contributed by atoms with Crippen molar-refractivity contribution in [3.05, 3.63) is 89.4 Å². The second-order valence-corrected chi connectivity index (χ2v) is 8.33. The third-order valence-electron chi connectivity index (χ3n) is 5.79. The van der Waals surface area contributed by atoms with E-state index in [0.717, 1.165) is 16.2 Å². The van der Waals surface area contributed by atoms with Crippen LogP contribution in [0.4, 0.5) is 17.1 Å². The first-order chi connectivity index (χ1) is 16.0. The van der Waals surface area contributed by atoms with Crippen LogP contribution in [0.15, 0.2) is 78.9 Å². The van der Waals surface area contributed by atoms with Crippen LogP contribution in [-0.4, -0.2) is 23.8 Å². The fourth-order valence-corrected chi connectivity index (χ4v) is 4.61. The van der Waals surface area contributed by atoms with E-state index in [2.05, 4.69) is 5.32 Å². The van der Waals surface area contributed by atoms with Crippen LogP contribution in [-0.2, 0) is 19.2 Å². The number of rotatable bonds is 4. The fourth-order valence-electron chi connectivity index (χ4n) is 4.39. The number of para-hydroxylation sites is 2. The van der Waals surface area contributed by atoms with E-state index >= 15 is 0 Å². The van der Waals surface area contributed by atoms with Gasteiger partial charge in [-0.05, 0) is 42.0 Å². The van der Waals surface area contributed by atoms with Gasteiger partial charge in [-0.3, -0.25) is 19.2 Å². The molecule has 7 nitrogen and oxygen atoms in total. The number of carbonyl (C=O) groups is 3. The molecule has 2 fully saturated rings. The number of benzene rings is 3. The number of nitrogens with zero attached hydrogens (tertiary/aromatic N) is 2. The average molecular weight is 462 g/mol. The van der Waals surface area contributed by atoms with Gasteiger partial charge in [0.1, 0.15) is 5.92 Å². The number of hydrogen-bond donors (Lipinski definition) is 1. The number of carbonyl (C=O) groups excluding carboxylic acids is 3. The third-order valence-corrected chi connectivity index (χ3v) is 6.11. The molecule has 2 saturated heterocycles. The van der Waals surface area contributed by atoms with Crippen LogP contribution in [0.3, 0.4) is 0 Å². The number of fused-ring (bicyclic) bond motifs is 1. The Morgan fingerprint density at radius 1 is 0.909 bits per heavy atom. The van der Waals surface area contributed by atoms with E-state index in [1.165, 1.54) is 6.92 Å². The van der Waals surface area contributed by atoms with Crippen LogP contribution in [0, 0.1) is 5.92 Å². The van der Waals surface area contributed by atoms with Crippen molar-refractivity contribution < 1.29 is 19.2 Å². The molecule has 0 radical (unpaired) electrons. The van der Waals surface area contributed by atoms with Gasteiger partial charge in [-0.25, -0.2) is 9.96 Å². The van der Waals surface area contributed by atoms with Gasteiger partial charge < -0.3 is 5.32 Å². The summed E-state index contributed by atoms with van der Waals surface area (Å²) in [5.74, 6) is -1.76. The Kier molecular flexibility index (Phi) is 5.36. The number of imide groups is 1. The van der Waals surface area contributed by atoms with Crippen molar-refractivity contribution in [2.75, 3.05) is 15.3 Å². The zero-order valence-electron chi connectivity index (χ0n) is 17.6. The molecule has 3 amide bonds. The summed E-state index contributed by atoms with van der Waals surface area (Å²) < 4.78 is 0. The standard InChI is InChI=1S/C25H20ClN3O4/c1-15(30)27-17-13-11-16(12-14-17)22-21-23(33-29(22)18-7-3-2-4-8-18)25(32)28(24(21)31)20-10-6-5-9-19(20)26/h2-14,21-23H,1H3,(H,27,30)/t21-,22+,23+/m1/s1. The van der Waals surface area contributed by atoms with Crippen LogP contribution in [0.2, 0.25) is 5.02 Å². The lowest BCUT2D eigenvalue weighted by molar-refractivity contribution is -0.126. The molecule has 3 aromatic carbocycles. The Hall–Kier alpha value is -3.68. The highest BCUT2D eigenvalue weighted by Gasteiger charge is 2.60. The lowest BCUT2D eigenvalue weighted by Crippen LogP contribution is -2.37. The van der Waals surface area contributed by atoms with E-state index in [-0.39, 0.29) is 11.8 Å². The number of nitrogens with one attached hydrogen (secondary N) is 1. The third kappa shape index (κ3) is 3.65. The summed E-state index contributed by atoms with van der Waals surface area (Å²) in [7, 11) is 0. The van der Waals surface area contributed by atoms with E-state index in [0.29, 0.717) is 16.4 Å². The van der Waals surface area contributed by atoms with Gasteiger partial charge in [-0.15, -0.1) is 0 Å². The molecule has 0 aliphatic carbocycles. The first kappa shape index (κ1) is 21.2. The number of anilines is 3. The normalized spacial score (nSPS) is 21.9. The number of hydroxylamine groups is 1. The average Bonchev–Trinajstić information content (AvgIpc) is 3.31. The largest absolute Gasteiger partial charge is 0.326 e. The fraction of sp³-hybridized carbons (Fsp3) is 0.160. The maximum Gasteiger partial charge on any atom is 0.266 e. The Morgan fingerprint density at radius 3 is 2.24 bits per heavy atom. The van der Waals surface area contributed by atoms with Crippen molar-refractivity contribution in [2.24, 2.45) is 5.92 Å². The Balaban J connectivity index is 1.56. The van der Waals surface area contributed by atoms with Gasteiger partial charge in [0.25, 0.3) is 5.91 Å². The van der Waals surface area contributed by atoms with Crippen LogP contribution < -0.4 is 15.3 Å². The lowest BCUT2D eigenvalue weighted by Gasteiger charge is -2.29. The minimum Gasteiger partial charge on any atom is -0.326 e. The molecule has 1 N–H and O–H groups in total. The zero-order chi connectivity index (χ0) is 23.1. The molecule has 3 atom stereocenters. The van der Waals surface area contributed by atoms with Crippen molar-refractivity contribution in [3.63, 3.8) is 0 Å². The Morgan fingerprint density at radius 2 is 1.58 bits per heavy atom. The first-order valence-electron chi connectivity index (χ1n) is 10.5. The maximum absolute atomic E-state index is 13.6. The summed E-state index contributed by atoms with van der Waals surface area (Å²) in [6, 6.07) is 22.7. The molecule has 0 saturated carbocycles. The predicted molar refractivity (Wildman–Crippen MR) is 125 cm³/mol. The number of amides is 3. The number of hydrogen-bond acceptors (Lipinski definition) is 5. The molecule has 2 heterocycles. The van der Waals surface area contributed by atoms with Crippen molar-refractivity contribution in [2.45, 2.75) is 19.1 Å². The smallest absolute Gasteiger partial charge is 0.266 e. The minimum absolute atomic E-state index is 0.176. The quantitative estimate of drug-likeness (QED) is 0.584. The van der Waals surface area contributed by atoms with E-state index in [1.807, 2.05) is 42.5 Å². The van der Waals surface area contributed by atoms with Gasteiger partial charge in [0.05, 0.1) is 22.4 Å². The highest BCUT2D eigenvalue weighted by molar-refractivity contribution is 6.36. The SMILES string of the molecule is CC(=O)Nc1ccc([C@H]2[C@H]3C(=O)N(c4ccccc4Cl)C(=O)[C@H]3ON2c2ccccc2)cc1. The molecule has 2 aliphatic heterocycles. The van der Waals surface area contributed by atoms with Gasteiger partial charge in [-0.1, -0.05) is 54.1 Å². The summed E-state index contributed by atoms with van der Waals surface area (Å²) >= 11 is 6.30. The minimum atomic E-state index is -0.978. The van der Waals surface area contributed by atoms with Gasteiger partial charge in [0.2, 0.25) is 11.8 Å². The van der Waals surface area contributed by atoms with Gasteiger partial charge >= 0.3 is 0 Å². The van der Waals surface area contributed by atoms with Gasteiger partial charge in [0.15, 0.2) is 6.10 Å². The molecule has 33 heavy (non-hydrogen) atoms. The summed E-state index contributed by atoms with van der Waals surface area (Å²) in [6.07, 6.45) is -0.978. The highest BCUT2D eigenvalue weighted by atomic mass is 35.5. The summed E-state index contributed by atoms with van der Waals surface area (Å²) in [6.45, 7) is 1.44. The topological polar surface area (TPSA) is 79.0 Å². The molecule has 0 unspecified atom stereocenters. The Bertz CT molecular complexity index is 1230. The molecule has 3 aromatic rings. The molecule has 0 spiro atoms. The van der Waals surface area contributed by atoms with Gasteiger partial charge in [0, 0.05) is 12.6 Å². The van der Waals surface area contributed by atoms with Gasteiger partial charge in [-0.2, -0.15) is 0 Å². The van der Waals surface area contributed by atoms with Crippen molar-refractivity contribution in [1.82, 2.24) is 0 Å². The van der Waals surface area contributed by atoms with E-state index in [1.54, 1.807) is 41.5 Å². The highest BCUT2D eigenvalue weighted by Crippen LogP contribution is 2.48. The molecule has 2 aliphatic rings. The zero-order valence-corrected chi connectivity index (χ0v) is 18.4. The second kappa shape index (κ2) is 8.35. The molecule has 8 heteroatoms. The van der Waals surface area contributed by atoms with Crippen molar-refractivity contribution in [1.29, 1.82) is 0 Å². The molecule has 166 valence electrons. The lowest BCUT2D eigenvalue weighted by atomic mass is 9.90. The predicted octanol–water partition coefficient (Wildman–Crippen LogP) is 4.35. The number of halogens is 1. The summed E-state index contributed by atoms with van der Waals surface area (Å²) in [5.41, 5.74) is 2.49. The van der Waals surface area contributed by atoms with Crippen LogP contribution >= 0.6 is 11.6 Å².